The highest BCUT2D eigenvalue weighted by molar-refractivity contribution is 7.10. The Balaban J connectivity index is 1.91. The number of hydrogen-bond donors (Lipinski definition) is 2. The minimum atomic E-state index is -0.933. The maximum absolute atomic E-state index is 10.9. The number of thiophene rings is 1. The van der Waals surface area contributed by atoms with Gasteiger partial charge in [-0.3, -0.25) is 0 Å². The monoisotopic (exact) mass is 261 g/mol. The minimum absolute atomic E-state index is 0.0848. The van der Waals surface area contributed by atoms with Gasteiger partial charge in [0.15, 0.2) is 0 Å². The second-order valence-electron chi connectivity index (χ2n) is 4.04. The number of ether oxygens (including phenoxy) is 1. The predicted octanol–water partition coefficient (Wildman–Crippen LogP) is 2.99. The molecule has 0 saturated carbocycles. The number of benzene rings is 1. The van der Waals surface area contributed by atoms with Crippen molar-refractivity contribution in [1.82, 2.24) is 0 Å². The molecule has 1 aromatic heterocycles. The number of nitrogens with one attached hydrogen (secondary N) is 1. The van der Waals surface area contributed by atoms with Crippen LogP contribution in [0.1, 0.15) is 21.3 Å². The number of hydrogen-bond acceptors (Lipinski definition) is 4. The molecule has 0 saturated heterocycles. The fourth-order valence-electron chi connectivity index (χ4n) is 1.95. The molecular weight excluding hydrogens is 250 g/mol. The molecule has 5 heteroatoms. The lowest BCUT2D eigenvalue weighted by atomic mass is 10.1. The molecule has 4 nitrogen and oxygen atoms in total. The maximum Gasteiger partial charge on any atom is 0.335 e. The Kier molecular flexibility index (Phi) is 2.68. The smallest absolute Gasteiger partial charge is 0.335 e. The molecule has 1 aliphatic rings. The lowest BCUT2D eigenvalue weighted by molar-refractivity contribution is 0.0697. The summed E-state index contributed by atoms with van der Waals surface area (Å²) in [6.07, 6.45) is 0. The molecule has 18 heavy (non-hydrogen) atoms. The highest BCUT2D eigenvalue weighted by Gasteiger charge is 2.21. The van der Waals surface area contributed by atoms with E-state index in [4.69, 9.17) is 9.84 Å². The summed E-state index contributed by atoms with van der Waals surface area (Å²) in [5.41, 5.74) is 0.997. The molecule has 1 atom stereocenters. The topological polar surface area (TPSA) is 58.6 Å². The van der Waals surface area contributed by atoms with Gasteiger partial charge in [0.1, 0.15) is 12.4 Å². The van der Waals surface area contributed by atoms with Gasteiger partial charge in [0.2, 0.25) is 0 Å². The van der Waals surface area contributed by atoms with Gasteiger partial charge >= 0.3 is 5.97 Å². The number of aromatic carboxylic acids is 1. The number of carboxylic acid groups (broad SMARTS) is 1. The van der Waals surface area contributed by atoms with E-state index in [1.165, 1.54) is 4.88 Å². The van der Waals surface area contributed by atoms with E-state index >= 15 is 0 Å². The first kappa shape index (κ1) is 11.1. The summed E-state index contributed by atoms with van der Waals surface area (Å²) >= 11 is 1.66. The molecule has 2 heterocycles. The summed E-state index contributed by atoms with van der Waals surface area (Å²) in [5, 5.41) is 14.3. The van der Waals surface area contributed by atoms with Crippen molar-refractivity contribution in [3.8, 4) is 5.75 Å². The van der Waals surface area contributed by atoms with Crippen molar-refractivity contribution in [3.63, 3.8) is 0 Å². The normalized spacial score (nSPS) is 17.4. The summed E-state index contributed by atoms with van der Waals surface area (Å²) in [7, 11) is 0. The van der Waals surface area contributed by atoms with Gasteiger partial charge in [-0.05, 0) is 29.6 Å². The molecule has 1 unspecified atom stereocenters. The summed E-state index contributed by atoms with van der Waals surface area (Å²) in [6.45, 7) is 0.555. The lowest BCUT2D eigenvalue weighted by Gasteiger charge is -2.27. The molecule has 1 aliphatic heterocycles. The van der Waals surface area contributed by atoms with Crippen molar-refractivity contribution in [2.24, 2.45) is 0 Å². The Labute approximate surface area is 108 Å². The zero-order chi connectivity index (χ0) is 12.5. The number of carboxylic acids is 1. The van der Waals surface area contributed by atoms with E-state index in [1.54, 1.807) is 29.5 Å². The van der Waals surface area contributed by atoms with Crippen LogP contribution in [0.5, 0.6) is 5.75 Å². The fraction of sp³-hybridized carbons (Fsp3) is 0.154. The lowest BCUT2D eigenvalue weighted by Crippen LogP contribution is -2.23. The number of rotatable bonds is 2. The van der Waals surface area contributed by atoms with Crippen LogP contribution in [0.4, 0.5) is 5.69 Å². The van der Waals surface area contributed by atoms with E-state index < -0.39 is 5.97 Å². The second kappa shape index (κ2) is 4.34. The number of fused-ring (bicyclic) bond motifs is 1. The molecule has 0 amide bonds. The van der Waals surface area contributed by atoms with Crippen LogP contribution in [0, 0.1) is 0 Å². The Morgan fingerprint density at radius 2 is 2.33 bits per heavy atom. The van der Waals surface area contributed by atoms with Crippen LogP contribution in [-0.4, -0.2) is 17.7 Å². The first-order valence-corrected chi connectivity index (χ1v) is 6.42. The molecule has 0 aliphatic carbocycles. The van der Waals surface area contributed by atoms with Crippen LogP contribution < -0.4 is 10.1 Å². The minimum Gasteiger partial charge on any atom is -0.489 e. The predicted molar refractivity (Wildman–Crippen MR) is 69.6 cm³/mol. The molecule has 0 radical (unpaired) electrons. The summed E-state index contributed by atoms with van der Waals surface area (Å²) < 4.78 is 5.65. The van der Waals surface area contributed by atoms with E-state index in [0.29, 0.717) is 12.4 Å². The Hall–Kier alpha value is -2.01. The molecule has 0 fully saturated rings. The molecule has 0 bridgehead atoms. The van der Waals surface area contributed by atoms with Gasteiger partial charge in [0, 0.05) is 4.88 Å². The van der Waals surface area contributed by atoms with Gasteiger partial charge in [0.05, 0.1) is 17.3 Å². The first-order chi connectivity index (χ1) is 8.74. The number of anilines is 1. The van der Waals surface area contributed by atoms with Gasteiger partial charge in [-0.25, -0.2) is 4.79 Å². The van der Waals surface area contributed by atoms with Gasteiger partial charge in [-0.2, -0.15) is 0 Å². The standard InChI is InChI=1S/C13H11NO3S/c15-13(16)8-3-4-11-9(6-8)14-10(7-17-11)12-2-1-5-18-12/h1-6,10,14H,7H2,(H,15,16). The molecule has 2 aromatic rings. The van der Waals surface area contributed by atoms with Crippen molar-refractivity contribution >= 4 is 23.0 Å². The van der Waals surface area contributed by atoms with Crippen LogP contribution in [0.15, 0.2) is 35.7 Å². The molecular formula is C13H11NO3S. The van der Waals surface area contributed by atoms with E-state index in [1.807, 2.05) is 17.5 Å². The average molecular weight is 261 g/mol. The van der Waals surface area contributed by atoms with E-state index in [2.05, 4.69) is 5.32 Å². The first-order valence-electron chi connectivity index (χ1n) is 5.54. The third-order valence-electron chi connectivity index (χ3n) is 2.85. The number of carbonyl (C=O) groups is 1. The van der Waals surface area contributed by atoms with E-state index in [-0.39, 0.29) is 11.6 Å². The molecule has 3 rings (SSSR count). The summed E-state index contributed by atoms with van der Waals surface area (Å²) in [6, 6.07) is 8.96. The Morgan fingerprint density at radius 1 is 1.44 bits per heavy atom. The van der Waals surface area contributed by atoms with Crippen molar-refractivity contribution in [2.45, 2.75) is 6.04 Å². The van der Waals surface area contributed by atoms with Crippen molar-refractivity contribution in [1.29, 1.82) is 0 Å². The third kappa shape index (κ3) is 1.93. The molecule has 1 aromatic carbocycles. The van der Waals surface area contributed by atoms with Gasteiger partial charge < -0.3 is 15.2 Å². The molecule has 92 valence electrons. The molecule has 0 spiro atoms. The van der Waals surface area contributed by atoms with Crippen LogP contribution >= 0.6 is 11.3 Å². The Morgan fingerprint density at radius 3 is 3.06 bits per heavy atom. The Bertz CT molecular complexity index is 580. The zero-order valence-corrected chi connectivity index (χ0v) is 10.2. The average Bonchev–Trinajstić information content (AvgIpc) is 2.91. The van der Waals surface area contributed by atoms with Crippen molar-refractivity contribution in [2.75, 3.05) is 11.9 Å². The van der Waals surface area contributed by atoms with E-state index in [0.717, 1.165) is 5.69 Å². The zero-order valence-electron chi connectivity index (χ0n) is 9.42. The quantitative estimate of drug-likeness (QED) is 0.872. The summed E-state index contributed by atoms with van der Waals surface area (Å²) in [4.78, 5) is 12.1. The summed E-state index contributed by atoms with van der Waals surface area (Å²) in [5.74, 6) is -0.231. The second-order valence-corrected chi connectivity index (χ2v) is 5.02. The highest BCUT2D eigenvalue weighted by atomic mass is 32.1. The van der Waals surface area contributed by atoms with Crippen molar-refractivity contribution < 1.29 is 14.6 Å². The van der Waals surface area contributed by atoms with Crippen molar-refractivity contribution in [3.05, 3.63) is 46.2 Å². The largest absolute Gasteiger partial charge is 0.489 e. The van der Waals surface area contributed by atoms with Crippen LogP contribution in [0.3, 0.4) is 0 Å². The third-order valence-corrected chi connectivity index (χ3v) is 3.83. The highest BCUT2D eigenvalue weighted by Crippen LogP contribution is 2.35. The van der Waals surface area contributed by atoms with Gasteiger partial charge in [0.25, 0.3) is 0 Å². The maximum atomic E-state index is 10.9. The fourth-order valence-corrected chi connectivity index (χ4v) is 2.71. The van der Waals surface area contributed by atoms with Crippen LogP contribution in [0.25, 0.3) is 0 Å². The van der Waals surface area contributed by atoms with Crippen LogP contribution in [0.2, 0.25) is 0 Å². The van der Waals surface area contributed by atoms with Gasteiger partial charge in [-0.1, -0.05) is 6.07 Å². The van der Waals surface area contributed by atoms with Gasteiger partial charge in [-0.15, -0.1) is 11.3 Å². The SMILES string of the molecule is O=C(O)c1ccc2c(c1)NC(c1cccs1)CO2. The van der Waals surface area contributed by atoms with E-state index in [9.17, 15) is 4.79 Å². The molecule has 2 N–H and O–H groups in total. The van der Waals surface area contributed by atoms with Crippen LogP contribution in [-0.2, 0) is 0 Å².